The van der Waals surface area contributed by atoms with Gasteiger partial charge in [0, 0.05) is 19.5 Å². The third-order valence-corrected chi connectivity index (χ3v) is 4.07. The number of nitrogens with one attached hydrogen (secondary N) is 2. The normalized spacial score (nSPS) is 11.2. The van der Waals surface area contributed by atoms with Gasteiger partial charge in [-0.15, -0.1) is 0 Å². The lowest BCUT2D eigenvalue weighted by molar-refractivity contribution is -0.121. The zero-order valence-electron chi connectivity index (χ0n) is 11.1. The second kappa shape index (κ2) is 7.91. The predicted molar refractivity (Wildman–Crippen MR) is 75.0 cm³/mol. The molecule has 0 saturated carbocycles. The molecule has 2 N–H and O–H groups in total. The minimum atomic E-state index is -3.22. The second-order valence-electron chi connectivity index (χ2n) is 4.23. The molecule has 1 amide bonds. The minimum absolute atomic E-state index is 0.0959. The number of amides is 1. The first-order valence-corrected chi connectivity index (χ1v) is 7.96. The Bertz CT molecular complexity index is 486. The van der Waals surface area contributed by atoms with E-state index in [1.165, 1.54) is 0 Å². The van der Waals surface area contributed by atoms with Crippen LogP contribution in [-0.2, 0) is 21.4 Å². The predicted octanol–water partition coefficient (Wildman–Crippen LogP) is 1.02. The summed E-state index contributed by atoms with van der Waals surface area (Å²) in [5.41, 5.74) is 1.02. The van der Waals surface area contributed by atoms with Gasteiger partial charge in [-0.25, -0.2) is 13.1 Å². The van der Waals surface area contributed by atoms with Crippen LogP contribution >= 0.6 is 0 Å². The quantitative estimate of drug-likeness (QED) is 0.748. The van der Waals surface area contributed by atoms with Gasteiger partial charge in [-0.1, -0.05) is 37.3 Å². The van der Waals surface area contributed by atoms with Crippen molar-refractivity contribution in [3.63, 3.8) is 0 Å². The van der Waals surface area contributed by atoms with Gasteiger partial charge < -0.3 is 5.32 Å². The van der Waals surface area contributed by atoms with Gasteiger partial charge in [-0.05, 0) is 12.0 Å². The highest BCUT2D eigenvalue weighted by atomic mass is 32.2. The highest BCUT2D eigenvalue weighted by Gasteiger charge is 2.08. The van der Waals surface area contributed by atoms with Crippen LogP contribution in [0.3, 0.4) is 0 Å². The number of benzene rings is 1. The molecule has 6 heteroatoms. The van der Waals surface area contributed by atoms with Crippen molar-refractivity contribution in [1.82, 2.24) is 10.0 Å². The first-order valence-electron chi connectivity index (χ1n) is 6.31. The summed E-state index contributed by atoms with van der Waals surface area (Å²) in [5.74, 6) is -0.0680. The summed E-state index contributed by atoms with van der Waals surface area (Å²) >= 11 is 0. The van der Waals surface area contributed by atoms with Crippen LogP contribution in [0.4, 0.5) is 0 Å². The third kappa shape index (κ3) is 6.93. The van der Waals surface area contributed by atoms with Crippen molar-refractivity contribution >= 4 is 15.9 Å². The minimum Gasteiger partial charge on any atom is -0.352 e. The average molecular weight is 284 g/mol. The fourth-order valence-corrected chi connectivity index (χ4v) is 2.64. The largest absolute Gasteiger partial charge is 0.352 e. The molecule has 0 aliphatic carbocycles. The topological polar surface area (TPSA) is 75.3 Å². The van der Waals surface area contributed by atoms with Crippen LogP contribution in [0.2, 0.25) is 0 Å². The number of sulfonamides is 1. The molecule has 1 aromatic rings. The van der Waals surface area contributed by atoms with E-state index >= 15 is 0 Å². The number of hydrogen-bond donors (Lipinski definition) is 2. The number of carbonyl (C=O) groups is 1. The van der Waals surface area contributed by atoms with Crippen molar-refractivity contribution in [3.05, 3.63) is 35.9 Å². The van der Waals surface area contributed by atoms with E-state index in [9.17, 15) is 13.2 Å². The van der Waals surface area contributed by atoms with Crippen LogP contribution in [0.15, 0.2) is 30.3 Å². The summed E-state index contributed by atoms with van der Waals surface area (Å²) in [7, 11) is -3.22. The Hall–Kier alpha value is -1.40. The lowest BCUT2D eigenvalue weighted by atomic mass is 10.2. The first kappa shape index (κ1) is 15.7. The summed E-state index contributed by atoms with van der Waals surface area (Å²) in [4.78, 5) is 11.5. The summed E-state index contributed by atoms with van der Waals surface area (Å²) in [6, 6.07) is 9.56. The standard InChI is InChI=1S/C13H20N2O3S/c1-2-10-19(17,18)15-9-8-13(16)14-11-12-6-4-3-5-7-12/h3-7,15H,2,8-11H2,1H3,(H,14,16). The summed E-state index contributed by atoms with van der Waals surface area (Å²) in [5, 5.41) is 2.74. The molecule has 0 spiro atoms. The van der Waals surface area contributed by atoms with Gasteiger partial charge in [0.25, 0.3) is 0 Å². The Morgan fingerprint density at radius 1 is 1.21 bits per heavy atom. The average Bonchev–Trinajstić information content (AvgIpc) is 2.37. The Labute approximate surface area is 114 Å². The fraction of sp³-hybridized carbons (Fsp3) is 0.462. The van der Waals surface area contributed by atoms with Crippen LogP contribution in [-0.4, -0.2) is 26.6 Å². The van der Waals surface area contributed by atoms with Crippen LogP contribution < -0.4 is 10.0 Å². The Morgan fingerprint density at radius 2 is 1.89 bits per heavy atom. The third-order valence-electron chi connectivity index (χ3n) is 2.48. The Morgan fingerprint density at radius 3 is 2.53 bits per heavy atom. The molecule has 19 heavy (non-hydrogen) atoms. The molecule has 0 bridgehead atoms. The molecule has 5 nitrogen and oxygen atoms in total. The van der Waals surface area contributed by atoms with E-state index in [-0.39, 0.29) is 24.6 Å². The molecule has 0 heterocycles. The molecule has 0 radical (unpaired) electrons. The summed E-state index contributed by atoms with van der Waals surface area (Å²) in [6.07, 6.45) is 0.714. The maximum absolute atomic E-state index is 11.5. The van der Waals surface area contributed by atoms with Crippen molar-refractivity contribution in [3.8, 4) is 0 Å². The molecule has 0 aromatic heterocycles. The van der Waals surface area contributed by atoms with Crippen molar-refractivity contribution in [2.24, 2.45) is 0 Å². The highest BCUT2D eigenvalue weighted by molar-refractivity contribution is 7.89. The van der Waals surface area contributed by atoms with E-state index in [4.69, 9.17) is 0 Å². The van der Waals surface area contributed by atoms with Crippen LogP contribution in [0.25, 0.3) is 0 Å². The molecule has 0 atom stereocenters. The van der Waals surface area contributed by atoms with Gasteiger partial charge in [0.05, 0.1) is 5.75 Å². The number of rotatable bonds is 8. The second-order valence-corrected chi connectivity index (χ2v) is 6.15. The van der Waals surface area contributed by atoms with E-state index in [0.717, 1.165) is 5.56 Å². The van der Waals surface area contributed by atoms with E-state index in [0.29, 0.717) is 13.0 Å². The molecule has 1 aromatic carbocycles. The molecule has 0 saturated heterocycles. The van der Waals surface area contributed by atoms with Crippen molar-refractivity contribution in [2.45, 2.75) is 26.3 Å². The lowest BCUT2D eigenvalue weighted by Crippen LogP contribution is -2.31. The zero-order valence-corrected chi connectivity index (χ0v) is 11.9. The van der Waals surface area contributed by atoms with Crippen LogP contribution in [0.5, 0.6) is 0 Å². The lowest BCUT2D eigenvalue weighted by Gasteiger charge is -2.07. The molecular formula is C13H20N2O3S. The van der Waals surface area contributed by atoms with Gasteiger partial charge in [0.1, 0.15) is 0 Å². The smallest absolute Gasteiger partial charge is 0.221 e. The van der Waals surface area contributed by atoms with Crippen molar-refractivity contribution in [2.75, 3.05) is 12.3 Å². The van der Waals surface area contributed by atoms with E-state index in [1.54, 1.807) is 6.92 Å². The molecule has 0 aliphatic rings. The SMILES string of the molecule is CCCS(=O)(=O)NCCC(=O)NCc1ccccc1. The fourth-order valence-electron chi connectivity index (χ4n) is 1.55. The monoisotopic (exact) mass is 284 g/mol. The van der Waals surface area contributed by atoms with Gasteiger partial charge in [0.2, 0.25) is 15.9 Å². The number of carbonyl (C=O) groups excluding carboxylic acids is 1. The van der Waals surface area contributed by atoms with Gasteiger partial charge in [0.15, 0.2) is 0 Å². The molecule has 106 valence electrons. The highest BCUT2D eigenvalue weighted by Crippen LogP contribution is 1.97. The zero-order chi connectivity index (χ0) is 14.1. The first-order chi connectivity index (χ1) is 9.03. The van der Waals surface area contributed by atoms with Crippen LogP contribution in [0.1, 0.15) is 25.3 Å². The Kier molecular flexibility index (Phi) is 6.52. The van der Waals surface area contributed by atoms with E-state index in [2.05, 4.69) is 10.0 Å². The van der Waals surface area contributed by atoms with Gasteiger partial charge >= 0.3 is 0 Å². The molecule has 0 unspecified atom stereocenters. The maximum Gasteiger partial charge on any atom is 0.221 e. The van der Waals surface area contributed by atoms with Crippen molar-refractivity contribution in [1.29, 1.82) is 0 Å². The Balaban J connectivity index is 2.22. The summed E-state index contributed by atoms with van der Waals surface area (Å²) in [6.45, 7) is 2.40. The molecule has 0 fully saturated rings. The number of hydrogen-bond acceptors (Lipinski definition) is 3. The maximum atomic E-state index is 11.5. The van der Waals surface area contributed by atoms with E-state index < -0.39 is 10.0 Å². The van der Waals surface area contributed by atoms with Crippen LogP contribution in [0, 0.1) is 0 Å². The molecule has 1 rings (SSSR count). The molecular weight excluding hydrogens is 264 g/mol. The van der Waals surface area contributed by atoms with Gasteiger partial charge in [-0.2, -0.15) is 0 Å². The van der Waals surface area contributed by atoms with E-state index in [1.807, 2.05) is 30.3 Å². The molecule has 0 aliphatic heterocycles. The van der Waals surface area contributed by atoms with Gasteiger partial charge in [-0.3, -0.25) is 4.79 Å². The van der Waals surface area contributed by atoms with Crippen molar-refractivity contribution < 1.29 is 13.2 Å². The summed E-state index contributed by atoms with van der Waals surface area (Å²) < 4.78 is 25.1.